The van der Waals surface area contributed by atoms with Crippen LogP contribution in [0, 0.1) is 0 Å². The highest BCUT2D eigenvalue weighted by Gasteiger charge is 2.16. The third-order valence-corrected chi connectivity index (χ3v) is 4.77. The fourth-order valence-electron chi connectivity index (χ4n) is 2.83. The van der Waals surface area contributed by atoms with Crippen LogP contribution in [0.15, 0.2) is 78.9 Å². The van der Waals surface area contributed by atoms with Crippen LogP contribution in [0.5, 0.6) is 5.75 Å². The van der Waals surface area contributed by atoms with E-state index in [2.05, 4.69) is 0 Å². The number of hydrogen-bond donors (Lipinski definition) is 0. The van der Waals surface area contributed by atoms with E-state index in [0.29, 0.717) is 41.8 Å². The van der Waals surface area contributed by atoms with Crippen LogP contribution in [0.25, 0.3) is 0 Å². The lowest BCUT2D eigenvalue weighted by atomic mass is 10.1. The highest BCUT2D eigenvalue weighted by atomic mass is 35.5. The van der Waals surface area contributed by atoms with Gasteiger partial charge in [-0.25, -0.2) is 0 Å². The number of ether oxygens (including phenoxy) is 1. The molecule has 3 rings (SSSR count). The van der Waals surface area contributed by atoms with Gasteiger partial charge >= 0.3 is 0 Å². The van der Waals surface area contributed by atoms with Crippen LogP contribution in [0.1, 0.15) is 18.4 Å². The van der Waals surface area contributed by atoms with Gasteiger partial charge in [-0.3, -0.25) is 4.79 Å². The Morgan fingerprint density at radius 1 is 0.893 bits per heavy atom. The van der Waals surface area contributed by atoms with Crippen molar-refractivity contribution >= 4 is 34.8 Å². The molecule has 3 aromatic rings. The summed E-state index contributed by atoms with van der Waals surface area (Å²) in [6.45, 7) is 0.939. The molecule has 0 fully saturated rings. The SMILES string of the molecule is O=C(CCCOc1ccc(Cl)cc1Cl)N(Cc1ccccc1)c1ccccc1. The van der Waals surface area contributed by atoms with Gasteiger partial charge in [-0.1, -0.05) is 71.7 Å². The monoisotopic (exact) mass is 413 g/mol. The van der Waals surface area contributed by atoms with Gasteiger partial charge < -0.3 is 9.64 Å². The quantitative estimate of drug-likeness (QED) is 0.400. The summed E-state index contributed by atoms with van der Waals surface area (Å²) in [4.78, 5) is 14.7. The zero-order chi connectivity index (χ0) is 19.8. The van der Waals surface area contributed by atoms with Crippen LogP contribution in [0.4, 0.5) is 5.69 Å². The Hall–Kier alpha value is -2.49. The molecule has 0 spiro atoms. The van der Waals surface area contributed by atoms with E-state index in [-0.39, 0.29) is 5.91 Å². The molecule has 0 atom stereocenters. The molecule has 0 saturated heterocycles. The van der Waals surface area contributed by atoms with E-state index in [9.17, 15) is 4.79 Å². The van der Waals surface area contributed by atoms with E-state index in [1.165, 1.54) is 0 Å². The topological polar surface area (TPSA) is 29.5 Å². The second-order valence-electron chi connectivity index (χ2n) is 6.33. The van der Waals surface area contributed by atoms with Gasteiger partial charge in [0.15, 0.2) is 0 Å². The molecule has 0 radical (unpaired) electrons. The second kappa shape index (κ2) is 10.2. The maximum Gasteiger partial charge on any atom is 0.227 e. The Morgan fingerprint density at radius 3 is 2.25 bits per heavy atom. The lowest BCUT2D eigenvalue weighted by molar-refractivity contribution is -0.119. The van der Waals surface area contributed by atoms with Crippen molar-refractivity contribution in [2.45, 2.75) is 19.4 Å². The minimum absolute atomic E-state index is 0.0563. The van der Waals surface area contributed by atoms with Crippen LogP contribution in [-0.4, -0.2) is 12.5 Å². The first-order valence-electron chi connectivity index (χ1n) is 9.10. The molecule has 0 unspecified atom stereocenters. The highest BCUT2D eigenvalue weighted by molar-refractivity contribution is 6.35. The first kappa shape index (κ1) is 20.2. The standard InChI is InChI=1S/C23H21Cl2NO2/c24-19-13-14-22(21(25)16-19)28-15-7-12-23(27)26(20-10-5-2-6-11-20)17-18-8-3-1-4-9-18/h1-6,8-11,13-14,16H,7,12,15,17H2. The summed E-state index contributed by atoms with van der Waals surface area (Å²) in [5.74, 6) is 0.628. The van der Waals surface area contributed by atoms with Gasteiger partial charge in [-0.05, 0) is 42.3 Å². The predicted molar refractivity (Wildman–Crippen MR) is 115 cm³/mol. The normalized spacial score (nSPS) is 10.5. The van der Waals surface area contributed by atoms with E-state index in [4.69, 9.17) is 27.9 Å². The number of amides is 1. The molecule has 5 heteroatoms. The lowest BCUT2D eigenvalue weighted by Gasteiger charge is -2.23. The molecule has 3 aromatic carbocycles. The molecule has 0 aromatic heterocycles. The zero-order valence-corrected chi connectivity index (χ0v) is 16.9. The predicted octanol–water partition coefficient (Wildman–Crippen LogP) is 6.39. The van der Waals surface area contributed by atoms with Crippen LogP contribution in [0.3, 0.4) is 0 Å². The van der Waals surface area contributed by atoms with Gasteiger partial charge in [-0.2, -0.15) is 0 Å². The first-order chi connectivity index (χ1) is 13.6. The number of halogens is 2. The minimum Gasteiger partial charge on any atom is -0.492 e. The Morgan fingerprint density at radius 2 is 1.57 bits per heavy atom. The third kappa shape index (κ3) is 5.75. The Kier molecular flexibility index (Phi) is 7.35. The van der Waals surface area contributed by atoms with Gasteiger partial charge in [0.05, 0.1) is 18.2 Å². The van der Waals surface area contributed by atoms with Crippen molar-refractivity contribution < 1.29 is 9.53 Å². The number of benzene rings is 3. The average molecular weight is 414 g/mol. The molecule has 28 heavy (non-hydrogen) atoms. The number of nitrogens with zero attached hydrogens (tertiary/aromatic N) is 1. The van der Waals surface area contributed by atoms with Crippen molar-refractivity contribution in [1.29, 1.82) is 0 Å². The van der Waals surface area contributed by atoms with Crippen LogP contribution in [0.2, 0.25) is 10.0 Å². The number of hydrogen-bond acceptors (Lipinski definition) is 2. The Bertz CT molecular complexity index is 901. The Labute approximate surface area is 175 Å². The Balaban J connectivity index is 1.59. The third-order valence-electron chi connectivity index (χ3n) is 4.24. The van der Waals surface area contributed by atoms with Crippen LogP contribution >= 0.6 is 23.2 Å². The lowest BCUT2D eigenvalue weighted by Crippen LogP contribution is -2.30. The minimum atomic E-state index is 0.0563. The number of anilines is 1. The molecule has 0 aliphatic carbocycles. The van der Waals surface area contributed by atoms with E-state index in [1.54, 1.807) is 18.2 Å². The molecule has 144 valence electrons. The van der Waals surface area contributed by atoms with E-state index in [0.717, 1.165) is 11.3 Å². The number of rotatable bonds is 8. The smallest absolute Gasteiger partial charge is 0.227 e. The van der Waals surface area contributed by atoms with E-state index >= 15 is 0 Å². The van der Waals surface area contributed by atoms with Crippen molar-refractivity contribution in [3.8, 4) is 5.75 Å². The van der Waals surface area contributed by atoms with Gasteiger partial charge in [-0.15, -0.1) is 0 Å². The molecular weight excluding hydrogens is 393 g/mol. The van der Waals surface area contributed by atoms with Crippen molar-refractivity contribution in [2.75, 3.05) is 11.5 Å². The molecule has 0 heterocycles. The van der Waals surface area contributed by atoms with Crippen molar-refractivity contribution in [3.63, 3.8) is 0 Å². The summed E-state index contributed by atoms with van der Waals surface area (Å²) in [5, 5.41) is 1.03. The molecular formula is C23H21Cl2NO2. The molecule has 0 N–H and O–H groups in total. The molecule has 3 nitrogen and oxygen atoms in total. The van der Waals surface area contributed by atoms with Crippen molar-refractivity contribution in [1.82, 2.24) is 0 Å². The average Bonchev–Trinajstić information content (AvgIpc) is 2.72. The largest absolute Gasteiger partial charge is 0.492 e. The summed E-state index contributed by atoms with van der Waals surface area (Å²) in [6, 6.07) is 24.8. The maximum atomic E-state index is 12.9. The molecule has 0 aliphatic heterocycles. The molecule has 0 aliphatic rings. The summed E-state index contributed by atoms with van der Waals surface area (Å²) in [7, 11) is 0. The highest BCUT2D eigenvalue weighted by Crippen LogP contribution is 2.27. The zero-order valence-electron chi connectivity index (χ0n) is 15.4. The fraction of sp³-hybridized carbons (Fsp3) is 0.174. The summed E-state index contributed by atoms with van der Waals surface area (Å²) < 4.78 is 5.68. The van der Waals surface area contributed by atoms with Gasteiger partial charge in [0.25, 0.3) is 0 Å². The van der Waals surface area contributed by atoms with Crippen molar-refractivity contribution in [3.05, 3.63) is 94.5 Å². The number of carbonyl (C=O) groups is 1. The summed E-state index contributed by atoms with van der Waals surface area (Å²) >= 11 is 12.0. The van der Waals surface area contributed by atoms with Gasteiger partial charge in [0.1, 0.15) is 5.75 Å². The van der Waals surface area contributed by atoms with E-state index in [1.807, 2.05) is 65.6 Å². The molecule has 0 saturated carbocycles. The number of para-hydroxylation sites is 1. The van der Waals surface area contributed by atoms with Gasteiger partial charge in [0, 0.05) is 17.1 Å². The summed E-state index contributed by atoms with van der Waals surface area (Å²) in [5.41, 5.74) is 1.97. The number of carbonyl (C=O) groups excluding carboxylic acids is 1. The molecule has 0 bridgehead atoms. The first-order valence-corrected chi connectivity index (χ1v) is 9.86. The van der Waals surface area contributed by atoms with Crippen LogP contribution < -0.4 is 9.64 Å². The fourth-order valence-corrected chi connectivity index (χ4v) is 3.29. The second-order valence-corrected chi connectivity index (χ2v) is 7.17. The van der Waals surface area contributed by atoms with E-state index < -0.39 is 0 Å². The van der Waals surface area contributed by atoms with Crippen molar-refractivity contribution in [2.24, 2.45) is 0 Å². The van der Waals surface area contributed by atoms with Crippen LogP contribution in [-0.2, 0) is 11.3 Å². The maximum absolute atomic E-state index is 12.9. The summed E-state index contributed by atoms with van der Waals surface area (Å²) in [6.07, 6.45) is 0.975. The molecule has 1 amide bonds. The van der Waals surface area contributed by atoms with Gasteiger partial charge in [0.2, 0.25) is 5.91 Å².